The maximum atomic E-state index is 14.3. The molecule has 0 unspecified atom stereocenters. The minimum atomic E-state index is -5.02. The van der Waals surface area contributed by atoms with Gasteiger partial charge in [-0.2, -0.15) is 13.2 Å². The molecule has 0 saturated carbocycles. The van der Waals surface area contributed by atoms with Crippen LogP contribution in [0.2, 0.25) is 5.02 Å². The molecule has 0 aliphatic carbocycles. The highest BCUT2D eigenvalue weighted by Gasteiger charge is 2.43. The van der Waals surface area contributed by atoms with Gasteiger partial charge in [-0.15, -0.1) is 5.06 Å². The molecule has 0 bridgehead atoms. The van der Waals surface area contributed by atoms with Gasteiger partial charge in [0, 0.05) is 22.9 Å². The van der Waals surface area contributed by atoms with Crippen molar-refractivity contribution in [3.63, 3.8) is 0 Å². The summed E-state index contributed by atoms with van der Waals surface area (Å²) in [6.07, 6.45) is -3.99. The molecule has 29 heavy (non-hydrogen) atoms. The summed E-state index contributed by atoms with van der Waals surface area (Å²) in [5.41, 5.74) is 2.03. The van der Waals surface area contributed by atoms with Gasteiger partial charge in [-0.25, -0.2) is 9.18 Å². The van der Waals surface area contributed by atoms with Crippen molar-refractivity contribution in [3.8, 4) is 0 Å². The third kappa shape index (κ3) is 5.43. The van der Waals surface area contributed by atoms with Crippen LogP contribution in [0.4, 0.5) is 17.6 Å². The van der Waals surface area contributed by atoms with Crippen molar-refractivity contribution in [2.24, 2.45) is 0 Å². The molecule has 1 saturated heterocycles. The van der Waals surface area contributed by atoms with Gasteiger partial charge in [0.25, 0.3) is 0 Å². The first-order chi connectivity index (χ1) is 13.6. The Balaban J connectivity index is 1.74. The van der Waals surface area contributed by atoms with Crippen molar-refractivity contribution in [1.29, 1.82) is 0 Å². The van der Waals surface area contributed by atoms with E-state index in [1.807, 2.05) is 25.1 Å². The van der Waals surface area contributed by atoms with Crippen molar-refractivity contribution in [3.05, 3.63) is 58.4 Å². The Hall–Kier alpha value is -1.77. The number of rotatable bonds is 4. The number of hydroxylamine groups is 2. The number of alkyl halides is 3. The zero-order valence-electron chi connectivity index (χ0n) is 15.4. The Kier molecular flexibility index (Phi) is 6.76. The second-order valence-electron chi connectivity index (χ2n) is 6.78. The summed E-state index contributed by atoms with van der Waals surface area (Å²) in [5.74, 6) is -2.64. The van der Waals surface area contributed by atoms with Gasteiger partial charge in [0.05, 0.1) is 5.02 Å². The number of carbonyl (C=O) groups excluding carboxylic acids is 1. The van der Waals surface area contributed by atoms with E-state index in [-0.39, 0.29) is 24.0 Å². The van der Waals surface area contributed by atoms with Crippen LogP contribution in [-0.4, -0.2) is 30.3 Å². The van der Waals surface area contributed by atoms with Crippen LogP contribution >= 0.6 is 23.4 Å². The lowest BCUT2D eigenvalue weighted by molar-refractivity contribution is -0.241. The van der Waals surface area contributed by atoms with E-state index in [9.17, 15) is 22.4 Å². The molecule has 0 aromatic heterocycles. The lowest BCUT2D eigenvalue weighted by Gasteiger charge is -2.31. The van der Waals surface area contributed by atoms with Gasteiger partial charge in [0.2, 0.25) is 0 Å². The number of carbonyl (C=O) groups is 1. The largest absolute Gasteiger partial charge is 0.492 e. The fourth-order valence-corrected chi connectivity index (χ4v) is 4.48. The van der Waals surface area contributed by atoms with Crippen molar-refractivity contribution < 1.29 is 27.2 Å². The number of hydrogen-bond acceptors (Lipinski definition) is 4. The van der Waals surface area contributed by atoms with E-state index < -0.39 is 18.0 Å². The monoisotopic (exact) mass is 447 g/mol. The molecule has 2 aromatic rings. The van der Waals surface area contributed by atoms with Crippen LogP contribution in [0.1, 0.15) is 29.9 Å². The number of piperidine rings is 1. The first-order valence-corrected chi connectivity index (χ1v) is 10.1. The van der Waals surface area contributed by atoms with Gasteiger partial charge in [-0.1, -0.05) is 47.1 Å². The van der Waals surface area contributed by atoms with Crippen LogP contribution in [0.25, 0.3) is 0 Å². The van der Waals surface area contributed by atoms with Gasteiger partial charge in [-0.3, -0.25) is 0 Å². The molecule has 0 spiro atoms. The SMILES string of the molecule is Cc1ccc(Sc2cccc(Cl)c2F)c(C2CCN(OC(=O)C(F)(F)F)CC2)c1. The molecular weight excluding hydrogens is 430 g/mol. The predicted molar refractivity (Wildman–Crippen MR) is 102 cm³/mol. The zero-order valence-corrected chi connectivity index (χ0v) is 17.0. The second-order valence-corrected chi connectivity index (χ2v) is 8.27. The molecule has 1 heterocycles. The fraction of sp³-hybridized carbons (Fsp3) is 0.350. The first kappa shape index (κ1) is 21.9. The van der Waals surface area contributed by atoms with E-state index in [0.29, 0.717) is 17.7 Å². The number of aryl methyl sites for hydroxylation is 1. The molecule has 156 valence electrons. The van der Waals surface area contributed by atoms with Crippen molar-refractivity contribution in [2.75, 3.05) is 13.1 Å². The summed E-state index contributed by atoms with van der Waals surface area (Å²) in [6.45, 7) is 2.32. The lowest BCUT2D eigenvalue weighted by atomic mass is 9.89. The summed E-state index contributed by atoms with van der Waals surface area (Å²) in [5, 5.41) is 1.09. The van der Waals surface area contributed by atoms with Crippen LogP contribution in [0.3, 0.4) is 0 Å². The molecular formula is C20H18ClF4NO2S. The Morgan fingerprint density at radius 2 is 1.86 bits per heavy atom. The highest BCUT2D eigenvalue weighted by molar-refractivity contribution is 7.99. The number of benzene rings is 2. The highest BCUT2D eigenvalue weighted by Crippen LogP contribution is 2.40. The maximum absolute atomic E-state index is 14.3. The molecule has 3 rings (SSSR count). The lowest BCUT2D eigenvalue weighted by Crippen LogP contribution is -2.39. The minimum absolute atomic E-state index is 0.0449. The molecule has 0 amide bonds. The van der Waals surface area contributed by atoms with Crippen molar-refractivity contribution >= 4 is 29.3 Å². The molecule has 1 aliphatic heterocycles. The van der Waals surface area contributed by atoms with E-state index in [1.54, 1.807) is 12.1 Å². The number of nitrogens with zero attached hydrogens (tertiary/aromatic N) is 1. The topological polar surface area (TPSA) is 29.5 Å². The smallest absolute Gasteiger partial charge is 0.361 e. The normalized spacial score (nSPS) is 16.1. The molecule has 1 fully saturated rings. The molecule has 3 nitrogen and oxygen atoms in total. The summed E-state index contributed by atoms with van der Waals surface area (Å²) < 4.78 is 51.4. The highest BCUT2D eigenvalue weighted by atomic mass is 35.5. The van der Waals surface area contributed by atoms with E-state index in [1.165, 1.54) is 17.8 Å². The van der Waals surface area contributed by atoms with Crippen molar-refractivity contribution in [1.82, 2.24) is 5.06 Å². The summed E-state index contributed by atoms with van der Waals surface area (Å²) in [7, 11) is 0. The summed E-state index contributed by atoms with van der Waals surface area (Å²) in [6, 6.07) is 10.6. The Morgan fingerprint density at radius 3 is 2.52 bits per heavy atom. The van der Waals surface area contributed by atoms with Gasteiger partial charge >= 0.3 is 12.1 Å². The minimum Gasteiger partial charge on any atom is -0.361 e. The number of hydrogen-bond donors (Lipinski definition) is 0. The Bertz CT molecular complexity index is 899. The predicted octanol–water partition coefficient (Wildman–Crippen LogP) is 6.14. The Morgan fingerprint density at radius 1 is 1.17 bits per heavy atom. The third-order valence-electron chi connectivity index (χ3n) is 4.64. The standard InChI is InChI=1S/C20H18ClF4NO2S/c1-12-5-6-16(29-17-4-2-3-15(21)18(17)22)14(11-12)13-7-9-26(10-8-13)28-19(27)20(23,24)25/h2-6,11,13H,7-10H2,1H3. The van der Waals surface area contributed by atoms with E-state index in [0.717, 1.165) is 21.1 Å². The molecule has 0 radical (unpaired) electrons. The molecule has 1 aliphatic rings. The quantitative estimate of drug-likeness (QED) is 0.527. The van der Waals surface area contributed by atoms with Gasteiger partial charge in [0.15, 0.2) is 5.82 Å². The molecule has 0 atom stereocenters. The van der Waals surface area contributed by atoms with Crippen LogP contribution < -0.4 is 0 Å². The third-order valence-corrected chi connectivity index (χ3v) is 6.06. The Labute approximate surface area is 174 Å². The maximum Gasteiger partial charge on any atom is 0.492 e. The van der Waals surface area contributed by atoms with Crippen LogP contribution in [0, 0.1) is 12.7 Å². The van der Waals surface area contributed by atoms with Crippen LogP contribution in [0.15, 0.2) is 46.2 Å². The van der Waals surface area contributed by atoms with Gasteiger partial charge in [-0.05, 0) is 49.4 Å². The van der Waals surface area contributed by atoms with E-state index in [2.05, 4.69) is 4.84 Å². The number of halogens is 5. The molecule has 2 aromatic carbocycles. The summed E-state index contributed by atoms with van der Waals surface area (Å²) in [4.78, 5) is 16.7. The summed E-state index contributed by atoms with van der Waals surface area (Å²) >= 11 is 7.13. The second kappa shape index (κ2) is 8.93. The fourth-order valence-electron chi connectivity index (χ4n) is 3.19. The first-order valence-electron chi connectivity index (χ1n) is 8.91. The zero-order chi connectivity index (χ0) is 21.2. The van der Waals surface area contributed by atoms with Crippen LogP contribution in [-0.2, 0) is 9.63 Å². The average Bonchev–Trinajstić information content (AvgIpc) is 2.66. The van der Waals surface area contributed by atoms with E-state index >= 15 is 0 Å². The van der Waals surface area contributed by atoms with Gasteiger partial charge in [0.1, 0.15) is 0 Å². The van der Waals surface area contributed by atoms with Gasteiger partial charge < -0.3 is 4.84 Å². The van der Waals surface area contributed by atoms with E-state index in [4.69, 9.17) is 11.6 Å². The molecule has 9 heteroatoms. The molecule has 0 N–H and O–H groups in total. The average molecular weight is 448 g/mol. The van der Waals surface area contributed by atoms with Crippen LogP contribution in [0.5, 0.6) is 0 Å². The van der Waals surface area contributed by atoms with Crippen molar-refractivity contribution in [2.45, 2.75) is 41.7 Å².